The fourth-order valence-corrected chi connectivity index (χ4v) is 2.83. The molecule has 0 saturated heterocycles. The van der Waals surface area contributed by atoms with E-state index in [-0.39, 0.29) is 12.3 Å². The summed E-state index contributed by atoms with van der Waals surface area (Å²) in [4.78, 5) is 11.8. The van der Waals surface area contributed by atoms with Crippen LogP contribution in [0.2, 0.25) is 0 Å². The van der Waals surface area contributed by atoms with Gasteiger partial charge < -0.3 is 9.84 Å². The molecule has 0 radical (unpaired) electrons. The van der Waals surface area contributed by atoms with Crippen molar-refractivity contribution in [1.29, 1.82) is 0 Å². The molecule has 0 saturated carbocycles. The third kappa shape index (κ3) is 4.58. The Morgan fingerprint density at radius 2 is 2.00 bits per heavy atom. The van der Waals surface area contributed by atoms with Gasteiger partial charge in [-0.3, -0.25) is 9.00 Å². The van der Waals surface area contributed by atoms with E-state index >= 15 is 0 Å². The Morgan fingerprint density at radius 1 is 1.39 bits per heavy atom. The first-order chi connectivity index (χ1) is 8.54. The molecule has 0 aliphatic carbocycles. The number of methoxy groups -OCH3 is 1. The molecule has 100 valence electrons. The third-order valence-electron chi connectivity index (χ3n) is 2.68. The molecule has 1 N–H and O–H groups in total. The van der Waals surface area contributed by atoms with Crippen LogP contribution in [0.1, 0.15) is 13.3 Å². The summed E-state index contributed by atoms with van der Waals surface area (Å²) in [6, 6.07) is 9.08. The summed E-state index contributed by atoms with van der Waals surface area (Å²) in [5.74, 6) is -0.368. The van der Waals surface area contributed by atoms with Gasteiger partial charge in [-0.2, -0.15) is 0 Å². The van der Waals surface area contributed by atoms with Crippen molar-refractivity contribution in [3.63, 3.8) is 0 Å². The van der Waals surface area contributed by atoms with E-state index in [4.69, 9.17) is 0 Å². The van der Waals surface area contributed by atoms with Gasteiger partial charge in [0.1, 0.15) is 0 Å². The lowest BCUT2D eigenvalue weighted by Crippen LogP contribution is -2.26. The molecule has 1 aromatic rings. The molecule has 0 fully saturated rings. The molecular formula is C13H18O4S. The Hall–Kier alpha value is -1.20. The number of ether oxygens (including phenoxy) is 1. The van der Waals surface area contributed by atoms with Crippen LogP contribution >= 0.6 is 0 Å². The first kappa shape index (κ1) is 14.9. The molecule has 18 heavy (non-hydrogen) atoms. The van der Waals surface area contributed by atoms with Crippen LogP contribution in [0.4, 0.5) is 0 Å². The van der Waals surface area contributed by atoms with E-state index in [1.165, 1.54) is 7.11 Å². The minimum atomic E-state index is -1.16. The second-order valence-corrected chi connectivity index (χ2v) is 5.65. The van der Waals surface area contributed by atoms with Gasteiger partial charge in [0, 0.05) is 10.6 Å². The Balaban J connectivity index is 2.52. The average Bonchev–Trinajstić information content (AvgIpc) is 2.39. The second-order valence-electron chi connectivity index (χ2n) is 4.15. The summed E-state index contributed by atoms with van der Waals surface area (Å²) in [6.07, 6.45) is -0.894. The highest BCUT2D eigenvalue weighted by molar-refractivity contribution is 7.85. The Labute approximate surface area is 109 Å². The number of hydrogen-bond donors (Lipinski definition) is 1. The van der Waals surface area contributed by atoms with Gasteiger partial charge >= 0.3 is 5.97 Å². The quantitative estimate of drug-likeness (QED) is 0.793. The highest BCUT2D eigenvalue weighted by atomic mass is 32.2. The molecule has 0 aliphatic heterocycles. The van der Waals surface area contributed by atoms with Crippen molar-refractivity contribution in [3.8, 4) is 0 Å². The van der Waals surface area contributed by atoms with Crippen LogP contribution in [0, 0.1) is 5.92 Å². The molecule has 0 amide bonds. The highest BCUT2D eigenvalue weighted by Crippen LogP contribution is 2.14. The number of hydrogen-bond acceptors (Lipinski definition) is 4. The summed E-state index contributed by atoms with van der Waals surface area (Å²) >= 11 is 0. The number of esters is 1. The van der Waals surface area contributed by atoms with Crippen LogP contribution in [0.25, 0.3) is 0 Å². The fourth-order valence-electron chi connectivity index (χ4n) is 1.47. The van der Waals surface area contributed by atoms with Gasteiger partial charge in [-0.25, -0.2) is 0 Å². The normalized spacial score (nSPS) is 15.7. The molecule has 0 aliphatic rings. The maximum Gasteiger partial charge on any atom is 0.308 e. The van der Waals surface area contributed by atoms with Crippen LogP contribution in [0.3, 0.4) is 0 Å². The van der Waals surface area contributed by atoms with Crippen molar-refractivity contribution in [2.24, 2.45) is 5.92 Å². The van der Waals surface area contributed by atoms with Gasteiger partial charge in [0.15, 0.2) is 0 Å². The van der Waals surface area contributed by atoms with Crippen molar-refractivity contribution in [1.82, 2.24) is 0 Å². The number of aliphatic hydroxyl groups excluding tert-OH is 1. The molecule has 3 atom stereocenters. The predicted molar refractivity (Wildman–Crippen MR) is 69.5 cm³/mol. The summed E-state index contributed by atoms with van der Waals surface area (Å²) in [5, 5.41) is 9.78. The molecule has 1 unspecified atom stereocenters. The maximum atomic E-state index is 12.0. The Bertz CT molecular complexity index is 405. The van der Waals surface area contributed by atoms with Gasteiger partial charge in [0.2, 0.25) is 0 Å². The van der Waals surface area contributed by atoms with Crippen molar-refractivity contribution >= 4 is 16.8 Å². The lowest BCUT2D eigenvalue weighted by molar-refractivity contribution is -0.143. The Morgan fingerprint density at radius 3 is 2.56 bits per heavy atom. The SMILES string of the molecule is COC(=O)C[C@H](O)[C@H](C)CS(=O)c1ccccc1. The molecule has 0 spiro atoms. The average molecular weight is 270 g/mol. The van der Waals surface area contributed by atoms with Gasteiger partial charge in [-0.05, 0) is 18.1 Å². The smallest absolute Gasteiger partial charge is 0.308 e. The molecule has 1 aromatic carbocycles. The van der Waals surface area contributed by atoms with E-state index < -0.39 is 22.9 Å². The number of rotatable bonds is 6. The predicted octanol–water partition coefficient (Wildman–Crippen LogP) is 1.35. The van der Waals surface area contributed by atoms with E-state index in [0.29, 0.717) is 5.75 Å². The molecule has 4 nitrogen and oxygen atoms in total. The summed E-state index contributed by atoms with van der Waals surface area (Å²) in [6.45, 7) is 1.77. The van der Waals surface area contributed by atoms with Crippen LogP contribution in [0.15, 0.2) is 35.2 Å². The van der Waals surface area contributed by atoms with Crippen LogP contribution in [0.5, 0.6) is 0 Å². The molecule has 0 heterocycles. The second kappa shape index (κ2) is 7.28. The van der Waals surface area contributed by atoms with E-state index in [1.807, 2.05) is 18.2 Å². The van der Waals surface area contributed by atoms with Gasteiger partial charge in [-0.15, -0.1) is 0 Å². The topological polar surface area (TPSA) is 63.6 Å². The lowest BCUT2D eigenvalue weighted by atomic mass is 10.0. The minimum absolute atomic E-state index is 0.0658. The van der Waals surface area contributed by atoms with Gasteiger partial charge in [0.25, 0.3) is 0 Å². The van der Waals surface area contributed by atoms with E-state index in [0.717, 1.165) is 4.90 Å². The van der Waals surface area contributed by atoms with E-state index in [1.54, 1.807) is 19.1 Å². The summed E-state index contributed by atoms with van der Waals surface area (Å²) < 4.78 is 16.5. The molecule has 1 rings (SSSR count). The van der Waals surface area contributed by atoms with Crippen LogP contribution < -0.4 is 0 Å². The van der Waals surface area contributed by atoms with Crippen LogP contribution in [-0.4, -0.2) is 34.3 Å². The molecular weight excluding hydrogens is 252 g/mol. The first-order valence-corrected chi connectivity index (χ1v) is 7.04. The van der Waals surface area contributed by atoms with Crippen molar-refractivity contribution in [2.45, 2.75) is 24.3 Å². The van der Waals surface area contributed by atoms with Gasteiger partial charge in [0.05, 0.1) is 30.4 Å². The van der Waals surface area contributed by atoms with E-state index in [9.17, 15) is 14.1 Å². The molecule has 5 heteroatoms. The third-order valence-corrected chi connectivity index (χ3v) is 4.31. The standard InChI is InChI=1S/C13H18O4S/c1-10(12(14)8-13(15)17-2)9-18(16)11-6-4-3-5-7-11/h3-7,10,12,14H,8-9H2,1-2H3/t10-,12+,18?/m1/s1. The van der Waals surface area contributed by atoms with E-state index in [2.05, 4.69) is 4.74 Å². The zero-order valence-electron chi connectivity index (χ0n) is 10.5. The minimum Gasteiger partial charge on any atom is -0.469 e. The first-order valence-electron chi connectivity index (χ1n) is 5.73. The number of carbonyl (C=O) groups is 1. The lowest BCUT2D eigenvalue weighted by Gasteiger charge is -2.17. The Kier molecular flexibility index (Phi) is 6.01. The van der Waals surface area contributed by atoms with Crippen LogP contribution in [-0.2, 0) is 20.3 Å². The zero-order valence-corrected chi connectivity index (χ0v) is 11.4. The summed E-state index contributed by atoms with van der Waals surface area (Å²) in [5.41, 5.74) is 0. The fraction of sp³-hybridized carbons (Fsp3) is 0.462. The number of carbonyl (C=O) groups excluding carboxylic acids is 1. The maximum absolute atomic E-state index is 12.0. The van der Waals surface area contributed by atoms with Gasteiger partial charge in [-0.1, -0.05) is 25.1 Å². The zero-order chi connectivity index (χ0) is 13.5. The molecule has 0 bridgehead atoms. The van der Waals surface area contributed by atoms with Crippen molar-refractivity contribution < 1.29 is 18.8 Å². The number of aliphatic hydroxyl groups is 1. The number of benzene rings is 1. The molecule has 0 aromatic heterocycles. The largest absolute Gasteiger partial charge is 0.469 e. The van der Waals surface area contributed by atoms with Crippen molar-refractivity contribution in [2.75, 3.05) is 12.9 Å². The highest BCUT2D eigenvalue weighted by Gasteiger charge is 2.20. The van der Waals surface area contributed by atoms with Crippen molar-refractivity contribution in [3.05, 3.63) is 30.3 Å². The monoisotopic (exact) mass is 270 g/mol. The summed E-state index contributed by atoms with van der Waals surface area (Å²) in [7, 11) is 0.117.